The monoisotopic (exact) mass is 752 g/mol. The summed E-state index contributed by atoms with van der Waals surface area (Å²) in [5, 5.41) is 146. The molecule has 0 spiro atoms. The molecule has 5 fully saturated rings. The van der Waals surface area contributed by atoms with E-state index < -0.39 is 168 Å². The first kappa shape index (κ1) is 41.2. The number of ether oxygens (including phenoxy) is 9. The molecule has 14 N–H and O–H groups in total. The fourth-order valence-corrected chi connectivity index (χ4v) is 6.37. The van der Waals surface area contributed by atoms with Crippen LogP contribution < -0.4 is 0 Å². The van der Waals surface area contributed by atoms with Gasteiger partial charge in [-0.05, 0) is 6.92 Å². The van der Waals surface area contributed by atoms with E-state index >= 15 is 0 Å². The van der Waals surface area contributed by atoms with Crippen LogP contribution in [0.1, 0.15) is 6.92 Å². The Balaban J connectivity index is 1.44. The van der Waals surface area contributed by atoms with Crippen LogP contribution in [0.3, 0.4) is 0 Å². The lowest BCUT2D eigenvalue weighted by Crippen LogP contribution is -2.68. The minimum Gasteiger partial charge on any atom is -0.394 e. The predicted molar refractivity (Wildman–Crippen MR) is 153 cm³/mol. The number of hydrogen-bond acceptors (Lipinski definition) is 23. The van der Waals surface area contributed by atoms with E-state index in [1.165, 1.54) is 6.92 Å². The maximum Gasteiger partial charge on any atom is 0.187 e. The molecule has 0 radical (unpaired) electrons. The highest BCUT2D eigenvalue weighted by Gasteiger charge is 2.56. The molecule has 23 heteroatoms. The summed E-state index contributed by atoms with van der Waals surface area (Å²) in [5.41, 5.74) is 0. The third-order valence-corrected chi connectivity index (χ3v) is 9.50. The van der Waals surface area contributed by atoms with Gasteiger partial charge in [0.25, 0.3) is 0 Å². The number of aliphatic hydroxyl groups is 14. The van der Waals surface area contributed by atoms with Gasteiger partial charge in [0.15, 0.2) is 31.5 Å². The van der Waals surface area contributed by atoms with Gasteiger partial charge in [-0.15, -0.1) is 0 Å². The second-order valence-electron chi connectivity index (χ2n) is 13.0. The Morgan fingerprint density at radius 2 is 0.922 bits per heavy atom. The van der Waals surface area contributed by atoms with Crippen molar-refractivity contribution in [1.29, 1.82) is 0 Å². The molecule has 23 atom stereocenters. The molecular weight excluding hydrogens is 704 g/mol. The standard InChI is InChI=1S/C28H48O23/c1-6-11(33)15(37)18(40)27(45-6)50-22-19(41)20(10(3-30)46-24(22)42)48-28-23(51-26-17(39)13(35)8(32)5-44-26)21(14(36)9(2-29)47-28)49-25-16(38)12(34)7(31)4-43-25/h6-42H,2-5H2,1H3/t6-,7+,8-,9+,10+,11-,12-,13-,14+,15+,16+,17+,18+,19-,20-,21-,22+,23+,24+,25-,26-,27-,28-/m0/s1. The number of hydrogen-bond donors (Lipinski definition) is 14. The van der Waals surface area contributed by atoms with Crippen molar-refractivity contribution >= 4 is 0 Å². The van der Waals surface area contributed by atoms with Gasteiger partial charge < -0.3 is 114 Å². The molecule has 0 saturated carbocycles. The molecule has 0 aliphatic carbocycles. The maximum atomic E-state index is 11.4. The zero-order chi connectivity index (χ0) is 37.5. The van der Waals surface area contributed by atoms with Crippen molar-refractivity contribution < 1.29 is 114 Å². The Bertz CT molecular complexity index is 1090. The minimum atomic E-state index is -2.01. The van der Waals surface area contributed by atoms with Crippen molar-refractivity contribution in [2.75, 3.05) is 26.4 Å². The fraction of sp³-hybridized carbons (Fsp3) is 1.00. The lowest BCUT2D eigenvalue weighted by Gasteiger charge is -2.50. The Labute approximate surface area is 289 Å². The van der Waals surface area contributed by atoms with Crippen molar-refractivity contribution in [3.63, 3.8) is 0 Å². The van der Waals surface area contributed by atoms with Gasteiger partial charge in [0, 0.05) is 0 Å². The van der Waals surface area contributed by atoms with Crippen molar-refractivity contribution in [1.82, 2.24) is 0 Å². The van der Waals surface area contributed by atoms with Crippen LogP contribution in [0.5, 0.6) is 0 Å². The van der Waals surface area contributed by atoms with E-state index in [1.807, 2.05) is 0 Å². The van der Waals surface area contributed by atoms with Gasteiger partial charge in [-0.3, -0.25) is 0 Å². The van der Waals surface area contributed by atoms with Gasteiger partial charge in [-0.2, -0.15) is 0 Å². The molecule has 5 rings (SSSR count). The van der Waals surface area contributed by atoms with E-state index in [-0.39, 0.29) is 0 Å². The van der Waals surface area contributed by atoms with E-state index in [2.05, 4.69) is 0 Å². The van der Waals surface area contributed by atoms with Crippen LogP contribution in [0.4, 0.5) is 0 Å². The molecule has 5 heterocycles. The highest BCUT2D eigenvalue weighted by atomic mass is 16.8. The molecule has 5 aliphatic rings. The van der Waals surface area contributed by atoms with Gasteiger partial charge in [0.2, 0.25) is 0 Å². The third-order valence-electron chi connectivity index (χ3n) is 9.50. The smallest absolute Gasteiger partial charge is 0.187 e. The van der Waals surface area contributed by atoms with Crippen LogP contribution in [0.15, 0.2) is 0 Å². The van der Waals surface area contributed by atoms with Crippen LogP contribution in [0.25, 0.3) is 0 Å². The van der Waals surface area contributed by atoms with Crippen molar-refractivity contribution in [3.05, 3.63) is 0 Å². The predicted octanol–water partition coefficient (Wildman–Crippen LogP) is -9.62. The first-order valence-corrected chi connectivity index (χ1v) is 16.3. The second-order valence-corrected chi connectivity index (χ2v) is 13.0. The normalized spacial score (nSPS) is 54.3. The highest BCUT2D eigenvalue weighted by Crippen LogP contribution is 2.36. The van der Waals surface area contributed by atoms with Gasteiger partial charge in [-0.1, -0.05) is 0 Å². The van der Waals surface area contributed by atoms with Gasteiger partial charge in [0.05, 0.1) is 32.5 Å². The molecule has 23 nitrogen and oxygen atoms in total. The summed E-state index contributed by atoms with van der Waals surface area (Å²) in [5.74, 6) is 0. The summed E-state index contributed by atoms with van der Waals surface area (Å²) >= 11 is 0. The largest absolute Gasteiger partial charge is 0.394 e. The average Bonchev–Trinajstić information content (AvgIpc) is 3.11. The third kappa shape index (κ3) is 8.51. The molecule has 0 aromatic carbocycles. The quantitative estimate of drug-likeness (QED) is 0.0985. The summed E-state index contributed by atoms with van der Waals surface area (Å²) in [6.07, 6.45) is -40.3. The molecule has 0 amide bonds. The minimum absolute atomic E-state index is 0.534. The highest BCUT2D eigenvalue weighted by molar-refractivity contribution is 4.98. The maximum absolute atomic E-state index is 11.4. The van der Waals surface area contributed by atoms with Crippen LogP contribution in [0, 0.1) is 0 Å². The Hall–Kier alpha value is -0.920. The molecule has 5 saturated heterocycles. The van der Waals surface area contributed by atoms with Crippen LogP contribution >= 0.6 is 0 Å². The lowest BCUT2D eigenvalue weighted by molar-refractivity contribution is -0.404. The molecule has 298 valence electrons. The molecular formula is C28H48O23. The van der Waals surface area contributed by atoms with Crippen LogP contribution in [-0.4, -0.2) is 239 Å². The SMILES string of the molecule is C[C@@H]1O[C@@H](O[C@@H]2[C@@H](O)[C@@H](O[C@@H]3O[C@H](CO)[C@@H](O)[C@H](O[C@@H]4OC[C@@H](O)[C@H](O)[C@H]4O)[C@H]3O[C@@H]3OC[C@H](O)[C@H](O)[C@H]3O)[C@@H](CO)O[C@H]2O)[C@H](O)[C@H](O)[C@H]1O. The first-order valence-electron chi connectivity index (χ1n) is 16.3. The molecule has 0 bridgehead atoms. The van der Waals surface area contributed by atoms with Gasteiger partial charge >= 0.3 is 0 Å². The van der Waals surface area contributed by atoms with Gasteiger partial charge in [0.1, 0.15) is 104 Å². The van der Waals surface area contributed by atoms with E-state index in [0.29, 0.717) is 0 Å². The summed E-state index contributed by atoms with van der Waals surface area (Å²) in [4.78, 5) is 0. The van der Waals surface area contributed by atoms with E-state index in [9.17, 15) is 71.5 Å². The molecule has 5 aliphatic heterocycles. The topological polar surface area (TPSA) is 366 Å². The summed E-state index contributed by atoms with van der Waals surface area (Å²) < 4.78 is 50.4. The lowest BCUT2D eigenvalue weighted by atomic mass is 9.95. The fourth-order valence-electron chi connectivity index (χ4n) is 6.37. The van der Waals surface area contributed by atoms with Gasteiger partial charge in [-0.25, -0.2) is 0 Å². The molecule has 0 aromatic rings. The van der Waals surface area contributed by atoms with Crippen molar-refractivity contribution in [2.24, 2.45) is 0 Å². The Kier molecular flexibility index (Phi) is 14.0. The van der Waals surface area contributed by atoms with E-state index in [4.69, 9.17) is 42.6 Å². The Morgan fingerprint density at radius 3 is 1.47 bits per heavy atom. The van der Waals surface area contributed by atoms with Crippen LogP contribution in [-0.2, 0) is 42.6 Å². The van der Waals surface area contributed by atoms with Crippen molar-refractivity contribution in [3.8, 4) is 0 Å². The molecule has 0 unspecified atom stereocenters. The molecule has 0 aromatic heterocycles. The van der Waals surface area contributed by atoms with E-state index in [0.717, 1.165) is 0 Å². The first-order chi connectivity index (χ1) is 24.1. The summed E-state index contributed by atoms with van der Waals surface area (Å²) in [6, 6.07) is 0. The second kappa shape index (κ2) is 17.3. The number of aliphatic hydroxyl groups excluding tert-OH is 14. The zero-order valence-corrected chi connectivity index (χ0v) is 27.0. The summed E-state index contributed by atoms with van der Waals surface area (Å²) in [6.45, 7) is -1.57. The number of rotatable bonds is 10. The average molecular weight is 753 g/mol. The van der Waals surface area contributed by atoms with Crippen molar-refractivity contribution in [2.45, 2.75) is 148 Å². The summed E-state index contributed by atoms with van der Waals surface area (Å²) in [7, 11) is 0. The zero-order valence-electron chi connectivity index (χ0n) is 27.0. The van der Waals surface area contributed by atoms with E-state index in [1.54, 1.807) is 0 Å². The Morgan fingerprint density at radius 1 is 0.431 bits per heavy atom. The molecule has 51 heavy (non-hydrogen) atoms. The van der Waals surface area contributed by atoms with Crippen LogP contribution in [0.2, 0.25) is 0 Å².